The SMILES string of the molecule is CC(C)C(=O)N(C)Cc1ccc(C(=O)NCC(C)(C)C(=O)O)cc1. The minimum absolute atomic E-state index is 0.0501. The first-order valence-electron chi connectivity index (χ1n) is 7.90. The highest BCUT2D eigenvalue weighted by Crippen LogP contribution is 2.14. The third kappa shape index (κ3) is 5.37. The van der Waals surface area contributed by atoms with Gasteiger partial charge in [-0.2, -0.15) is 0 Å². The Balaban J connectivity index is 2.65. The maximum Gasteiger partial charge on any atom is 0.310 e. The predicted molar refractivity (Wildman–Crippen MR) is 91.5 cm³/mol. The summed E-state index contributed by atoms with van der Waals surface area (Å²) in [6.07, 6.45) is 0. The predicted octanol–water partition coefficient (Wildman–Crippen LogP) is 2.14. The van der Waals surface area contributed by atoms with E-state index in [0.29, 0.717) is 12.1 Å². The van der Waals surface area contributed by atoms with Crippen molar-refractivity contribution in [2.75, 3.05) is 13.6 Å². The number of amides is 2. The monoisotopic (exact) mass is 334 g/mol. The second-order valence-electron chi connectivity index (χ2n) is 6.92. The number of nitrogens with one attached hydrogen (secondary N) is 1. The Morgan fingerprint density at radius 1 is 1.17 bits per heavy atom. The number of benzene rings is 1. The molecule has 0 atom stereocenters. The lowest BCUT2D eigenvalue weighted by Crippen LogP contribution is -2.38. The minimum Gasteiger partial charge on any atom is -0.481 e. The van der Waals surface area contributed by atoms with E-state index in [1.165, 1.54) is 0 Å². The zero-order valence-corrected chi connectivity index (χ0v) is 14.9. The van der Waals surface area contributed by atoms with E-state index in [4.69, 9.17) is 5.11 Å². The van der Waals surface area contributed by atoms with E-state index in [0.717, 1.165) is 5.56 Å². The summed E-state index contributed by atoms with van der Waals surface area (Å²) in [6, 6.07) is 6.93. The van der Waals surface area contributed by atoms with Gasteiger partial charge in [-0.3, -0.25) is 14.4 Å². The van der Waals surface area contributed by atoms with Crippen molar-refractivity contribution in [1.29, 1.82) is 0 Å². The molecule has 0 aliphatic rings. The Bertz CT molecular complexity index is 606. The Morgan fingerprint density at radius 2 is 1.71 bits per heavy atom. The second kappa shape index (κ2) is 7.95. The highest BCUT2D eigenvalue weighted by Gasteiger charge is 2.27. The molecule has 2 amide bonds. The van der Waals surface area contributed by atoms with Crippen molar-refractivity contribution in [3.05, 3.63) is 35.4 Å². The number of rotatable bonds is 7. The van der Waals surface area contributed by atoms with Crippen LogP contribution in [-0.4, -0.2) is 41.4 Å². The third-order valence-electron chi connectivity index (χ3n) is 3.78. The number of hydrogen-bond donors (Lipinski definition) is 2. The summed E-state index contributed by atoms with van der Waals surface area (Å²) in [6.45, 7) is 7.34. The van der Waals surface area contributed by atoms with E-state index in [2.05, 4.69) is 5.32 Å². The molecule has 0 fully saturated rings. The quantitative estimate of drug-likeness (QED) is 0.800. The van der Waals surface area contributed by atoms with Gasteiger partial charge in [-0.25, -0.2) is 0 Å². The van der Waals surface area contributed by atoms with Crippen molar-refractivity contribution in [3.63, 3.8) is 0 Å². The summed E-state index contributed by atoms with van der Waals surface area (Å²) >= 11 is 0. The van der Waals surface area contributed by atoms with Gasteiger partial charge < -0.3 is 15.3 Å². The molecule has 6 heteroatoms. The maximum absolute atomic E-state index is 12.1. The Morgan fingerprint density at radius 3 is 2.17 bits per heavy atom. The van der Waals surface area contributed by atoms with Gasteiger partial charge in [-0.15, -0.1) is 0 Å². The van der Waals surface area contributed by atoms with Crippen LogP contribution < -0.4 is 5.32 Å². The van der Waals surface area contributed by atoms with Gasteiger partial charge in [0.1, 0.15) is 0 Å². The van der Waals surface area contributed by atoms with Crippen LogP contribution >= 0.6 is 0 Å². The molecule has 0 radical (unpaired) electrons. The lowest BCUT2D eigenvalue weighted by Gasteiger charge is -2.20. The molecule has 1 aromatic carbocycles. The molecule has 0 aliphatic carbocycles. The number of nitrogens with zero attached hydrogens (tertiary/aromatic N) is 1. The van der Waals surface area contributed by atoms with Crippen LogP contribution in [0.3, 0.4) is 0 Å². The van der Waals surface area contributed by atoms with E-state index in [1.54, 1.807) is 50.1 Å². The van der Waals surface area contributed by atoms with Gasteiger partial charge in [0.25, 0.3) is 5.91 Å². The molecule has 0 saturated heterocycles. The Hall–Kier alpha value is -2.37. The first-order chi connectivity index (χ1) is 11.0. The number of carbonyl (C=O) groups excluding carboxylic acids is 2. The fourth-order valence-electron chi connectivity index (χ4n) is 2.03. The van der Waals surface area contributed by atoms with Crippen LogP contribution in [0.2, 0.25) is 0 Å². The van der Waals surface area contributed by atoms with E-state index >= 15 is 0 Å². The average Bonchev–Trinajstić information content (AvgIpc) is 2.52. The van der Waals surface area contributed by atoms with Crippen LogP contribution in [0.4, 0.5) is 0 Å². The van der Waals surface area contributed by atoms with Crippen molar-refractivity contribution in [3.8, 4) is 0 Å². The molecule has 2 N–H and O–H groups in total. The molecular formula is C18H26N2O4. The molecule has 1 aromatic rings. The zero-order chi connectivity index (χ0) is 18.5. The smallest absolute Gasteiger partial charge is 0.310 e. The molecule has 132 valence electrons. The van der Waals surface area contributed by atoms with E-state index in [9.17, 15) is 14.4 Å². The lowest BCUT2D eigenvalue weighted by atomic mass is 9.94. The van der Waals surface area contributed by atoms with E-state index in [-0.39, 0.29) is 24.3 Å². The zero-order valence-electron chi connectivity index (χ0n) is 14.9. The van der Waals surface area contributed by atoms with Crippen LogP contribution in [-0.2, 0) is 16.1 Å². The first-order valence-corrected chi connectivity index (χ1v) is 7.90. The number of carboxylic acid groups (broad SMARTS) is 1. The summed E-state index contributed by atoms with van der Waals surface area (Å²) in [4.78, 5) is 36.6. The van der Waals surface area contributed by atoms with Gasteiger partial charge >= 0.3 is 5.97 Å². The van der Waals surface area contributed by atoms with Gasteiger partial charge in [0.2, 0.25) is 5.91 Å². The van der Waals surface area contributed by atoms with Crippen molar-refractivity contribution in [2.45, 2.75) is 34.2 Å². The summed E-state index contributed by atoms with van der Waals surface area (Å²) < 4.78 is 0. The van der Waals surface area contributed by atoms with Crippen LogP contribution in [0.5, 0.6) is 0 Å². The van der Waals surface area contributed by atoms with Gasteiger partial charge in [-0.05, 0) is 31.5 Å². The number of carbonyl (C=O) groups is 3. The normalized spacial score (nSPS) is 11.2. The van der Waals surface area contributed by atoms with Crippen molar-refractivity contribution < 1.29 is 19.5 Å². The van der Waals surface area contributed by atoms with Gasteiger partial charge in [-0.1, -0.05) is 26.0 Å². The molecule has 1 rings (SSSR count). The topological polar surface area (TPSA) is 86.7 Å². The van der Waals surface area contributed by atoms with Crippen LogP contribution in [0.25, 0.3) is 0 Å². The molecule has 0 aromatic heterocycles. The van der Waals surface area contributed by atoms with E-state index < -0.39 is 11.4 Å². The molecule has 6 nitrogen and oxygen atoms in total. The summed E-state index contributed by atoms with van der Waals surface area (Å²) in [5.74, 6) is -1.27. The molecule has 0 saturated carbocycles. The first kappa shape index (κ1) is 19.7. The molecule has 0 bridgehead atoms. The maximum atomic E-state index is 12.1. The Labute approximate surface area is 142 Å². The highest BCUT2D eigenvalue weighted by molar-refractivity contribution is 5.94. The summed E-state index contributed by atoms with van der Waals surface area (Å²) in [7, 11) is 1.75. The van der Waals surface area contributed by atoms with Crippen molar-refractivity contribution >= 4 is 17.8 Å². The highest BCUT2D eigenvalue weighted by atomic mass is 16.4. The van der Waals surface area contributed by atoms with Gasteiger partial charge in [0, 0.05) is 31.6 Å². The fourth-order valence-corrected chi connectivity index (χ4v) is 2.03. The van der Waals surface area contributed by atoms with Crippen LogP contribution in [0.15, 0.2) is 24.3 Å². The Kier molecular flexibility index (Phi) is 6.51. The summed E-state index contributed by atoms with van der Waals surface area (Å²) in [5, 5.41) is 11.7. The third-order valence-corrected chi connectivity index (χ3v) is 3.78. The van der Waals surface area contributed by atoms with Gasteiger partial charge in [0.05, 0.1) is 5.41 Å². The number of carboxylic acids is 1. The fraction of sp³-hybridized carbons (Fsp3) is 0.500. The van der Waals surface area contributed by atoms with Crippen LogP contribution in [0, 0.1) is 11.3 Å². The molecular weight excluding hydrogens is 308 g/mol. The largest absolute Gasteiger partial charge is 0.481 e. The summed E-state index contributed by atoms with van der Waals surface area (Å²) in [5.41, 5.74) is 0.363. The minimum atomic E-state index is -1.02. The number of aliphatic carboxylic acids is 1. The standard InChI is InChI=1S/C18H26N2O4/c1-12(2)16(22)20(5)10-13-6-8-14(9-7-13)15(21)19-11-18(3,4)17(23)24/h6-9,12H,10-11H2,1-5H3,(H,19,21)(H,23,24). The van der Waals surface area contributed by atoms with Crippen LogP contribution in [0.1, 0.15) is 43.6 Å². The second-order valence-corrected chi connectivity index (χ2v) is 6.92. The van der Waals surface area contributed by atoms with E-state index in [1.807, 2.05) is 13.8 Å². The van der Waals surface area contributed by atoms with Crippen molar-refractivity contribution in [2.24, 2.45) is 11.3 Å². The molecule has 0 aliphatic heterocycles. The number of hydrogen-bond acceptors (Lipinski definition) is 3. The molecule has 0 heterocycles. The molecule has 0 spiro atoms. The van der Waals surface area contributed by atoms with Crippen molar-refractivity contribution in [1.82, 2.24) is 10.2 Å². The van der Waals surface area contributed by atoms with Gasteiger partial charge in [0.15, 0.2) is 0 Å². The average molecular weight is 334 g/mol. The molecule has 0 unspecified atom stereocenters. The molecule has 24 heavy (non-hydrogen) atoms. The lowest BCUT2D eigenvalue weighted by molar-refractivity contribution is -0.146.